The third-order valence-corrected chi connectivity index (χ3v) is 4.95. The molecular weight excluding hydrogens is 371 g/mol. The second-order valence-electron chi connectivity index (χ2n) is 7.12. The van der Waals surface area contributed by atoms with Crippen LogP contribution in [0.25, 0.3) is 0 Å². The molecule has 2 N–H and O–H groups in total. The van der Waals surface area contributed by atoms with Crippen LogP contribution in [-0.4, -0.2) is 21.4 Å². The number of benzene rings is 2. The Morgan fingerprint density at radius 1 is 0.931 bits per heavy atom. The number of halogens is 1. The van der Waals surface area contributed by atoms with E-state index in [1.807, 2.05) is 35.8 Å². The SMILES string of the molecule is Cc1ccc(NC(=O)c2nc(C(=O)Nc3ccc(F)cc3)c3n2CCCC3)cc1. The second-order valence-corrected chi connectivity index (χ2v) is 7.12. The first-order valence-electron chi connectivity index (χ1n) is 9.55. The zero-order valence-corrected chi connectivity index (χ0v) is 16.0. The number of amides is 2. The molecule has 0 fully saturated rings. The summed E-state index contributed by atoms with van der Waals surface area (Å²) in [7, 11) is 0. The van der Waals surface area contributed by atoms with Crippen molar-refractivity contribution in [2.24, 2.45) is 0 Å². The van der Waals surface area contributed by atoms with Crippen LogP contribution in [-0.2, 0) is 13.0 Å². The molecule has 4 rings (SSSR count). The smallest absolute Gasteiger partial charge is 0.291 e. The van der Waals surface area contributed by atoms with Gasteiger partial charge in [-0.25, -0.2) is 9.37 Å². The van der Waals surface area contributed by atoms with E-state index in [0.717, 1.165) is 24.1 Å². The fraction of sp³-hybridized carbons (Fsp3) is 0.227. The van der Waals surface area contributed by atoms with E-state index in [2.05, 4.69) is 15.6 Å². The van der Waals surface area contributed by atoms with E-state index in [-0.39, 0.29) is 23.2 Å². The zero-order valence-electron chi connectivity index (χ0n) is 16.0. The number of fused-ring (bicyclic) bond motifs is 1. The summed E-state index contributed by atoms with van der Waals surface area (Å²) in [4.78, 5) is 30.0. The average Bonchev–Trinajstić information content (AvgIpc) is 3.11. The van der Waals surface area contributed by atoms with Gasteiger partial charge in [0.05, 0.1) is 5.69 Å². The lowest BCUT2D eigenvalue weighted by Crippen LogP contribution is -2.21. The number of nitrogens with one attached hydrogen (secondary N) is 2. The number of nitrogens with zero attached hydrogens (tertiary/aromatic N) is 2. The van der Waals surface area contributed by atoms with Crippen LogP contribution in [0.4, 0.5) is 15.8 Å². The first-order valence-corrected chi connectivity index (χ1v) is 9.55. The van der Waals surface area contributed by atoms with Crippen molar-refractivity contribution >= 4 is 23.2 Å². The van der Waals surface area contributed by atoms with E-state index in [9.17, 15) is 14.0 Å². The Morgan fingerprint density at radius 2 is 1.55 bits per heavy atom. The maximum Gasteiger partial charge on any atom is 0.291 e. The molecule has 148 valence electrons. The first-order chi connectivity index (χ1) is 14.0. The Kier molecular flexibility index (Phi) is 5.12. The maximum atomic E-state index is 13.1. The van der Waals surface area contributed by atoms with Crippen molar-refractivity contribution in [3.05, 3.63) is 77.1 Å². The minimum Gasteiger partial charge on any atom is -0.323 e. The summed E-state index contributed by atoms with van der Waals surface area (Å²) in [6.45, 7) is 2.62. The van der Waals surface area contributed by atoms with Crippen LogP contribution in [0.5, 0.6) is 0 Å². The molecule has 2 heterocycles. The molecule has 3 aromatic rings. The van der Waals surface area contributed by atoms with Crippen molar-refractivity contribution < 1.29 is 14.0 Å². The van der Waals surface area contributed by atoms with Gasteiger partial charge in [0.25, 0.3) is 11.8 Å². The monoisotopic (exact) mass is 392 g/mol. The van der Waals surface area contributed by atoms with Crippen LogP contribution in [0.3, 0.4) is 0 Å². The molecule has 6 nitrogen and oxygen atoms in total. The molecule has 0 saturated heterocycles. The largest absolute Gasteiger partial charge is 0.323 e. The van der Waals surface area contributed by atoms with Crippen molar-refractivity contribution in [3.63, 3.8) is 0 Å². The van der Waals surface area contributed by atoms with Crippen LogP contribution >= 0.6 is 0 Å². The van der Waals surface area contributed by atoms with Crippen molar-refractivity contribution in [1.82, 2.24) is 9.55 Å². The highest BCUT2D eigenvalue weighted by atomic mass is 19.1. The van der Waals surface area contributed by atoms with Crippen LogP contribution < -0.4 is 10.6 Å². The second kappa shape index (κ2) is 7.87. The fourth-order valence-electron chi connectivity index (χ4n) is 3.45. The van der Waals surface area contributed by atoms with Gasteiger partial charge < -0.3 is 15.2 Å². The molecule has 0 bridgehead atoms. The molecule has 1 aromatic heterocycles. The number of imidazole rings is 1. The summed E-state index contributed by atoms with van der Waals surface area (Å²) in [6.07, 6.45) is 2.53. The quantitative estimate of drug-likeness (QED) is 0.700. The lowest BCUT2D eigenvalue weighted by Gasteiger charge is -2.17. The highest BCUT2D eigenvalue weighted by molar-refractivity contribution is 6.07. The molecule has 2 aromatic carbocycles. The summed E-state index contributed by atoms with van der Waals surface area (Å²) in [5.41, 5.74) is 3.24. The van der Waals surface area contributed by atoms with E-state index in [0.29, 0.717) is 24.3 Å². The Bertz CT molecular complexity index is 972. The number of aryl methyl sites for hydroxylation is 1. The molecule has 0 aliphatic carbocycles. The summed E-state index contributed by atoms with van der Waals surface area (Å²) >= 11 is 0. The van der Waals surface area contributed by atoms with E-state index < -0.39 is 5.91 Å². The molecule has 0 saturated carbocycles. The van der Waals surface area contributed by atoms with Gasteiger partial charge in [-0.2, -0.15) is 0 Å². The third-order valence-electron chi connectivity index (χ3n) is 4.95. The minimum absolute atomic E-state index is 0.226. The molecule has 7 heteroatoms. The summed E-state index contributed by atoms with van der Waals surface area (Å²) < 4.78 is 14.9. The summed E-state index contributed by atoms with van der Waals surface area (Å²) in [5.74, 6) is -0.906. The van der Waals surface area contributed by atoms with Gasteiger partial charge in [-0.15, -0.1) is 0 Å². The van der Waals surface area contributed by atoms with Gasteiger partial charge in [-0.1, -0.05) is 17.7 Å². The predicted octanol–water partition coefficient (Wildman–Crippen LogP) is 4.17. The van der Waals surface area contributed by atoms with Gasteiger partial charge in [-0.05, 0) is 62.6 Å². The highest BCUT2D eigenvalue weighted by Gasteiger charge is 2.27. The van der Waals surface area contributed by atoms with Crippen molar-refractivity contribution in [2.75, 3.05) is 10.6 Å². The number of rotatable bonds is 4. The average molecular weight is 392 g/mol. The minimum atomic E-state index is -0.406. The van der Waals surface area contributed by atoms with E-state index >= 15 is 0 Å². The Morgan fingerprint density at radius 3 is 2.24 bits per heavy atom. The topological polar surface area (TPSA) is 76.0 Å². The number of aromatic nitrogens is 2. The van der Waals surface area contributed by atoms with Gasteiger partial charge in [-0.3, -0.25) is 9.59 Å². The van der Waals surface area contributed by atoms with Gasteiger partial charge in [0.15, 0.2) is 11.5 Å². The maximum absolute atomic E-state index is 13.1. The third kappa shape index (κ3) is 4.03. The molecule has 2 amide bonds. The number of hydrogen-bond donors (Lipinski definition) is 2. The van der Waals surface area contributed by atoms with Crippen molar-refractivity contribution in [1.29, 1.82) is 0 Å². The highest BCUT2D eigenvalue weighted by Crippen LogP contribution is 2.23. The van der Waals surface area contributed by atoms with Crippen LogP contribution in [0, 0.1) is 12.7 Å². The Hall–Kier alpha value is -3.48. The zero-order chi connectivity index (χ0) is 20.4. The molecule has 0 spiro atoms. The van der Waals surface area contributed by atoms with Crippen molar-refractivity contribution in [2.45, 2.75) is 32.7 Å². The number of carbonyl (C=O) groups is 2. The molecule has 1 aliphatic heterocycles. The first kappa shape index (κ1) is 18.9. The van der Waals surface area contributed by atoms with E-state index in [1.165, 1.54) is 24.3 Å². The molecule has 29 heavy (non-hydrogen) atoms. The van der Waals surface area contributed by atoms with E-state index in [4.69, 9.17) is 0 Å². The van der Waals surface area contributed by atoms with Gasteiger partial charge >= 0.3 is 0 Å². The van der Waals surface area contributed by atoms with Crippen LogP contribution in [0.1, 0.15) is 45.2 Å². The Balaban J connectivity index is 1.61. The standard InChI is InChI=1S/C22H21FN4O2/c1-14-5-9-16(10-6-14)25-22(29)20-26-19(18-4-2-3-13-27(18)20)21(28)24-17-11-7-15(23)8-12-17/h5-12H,2-4,13H2,1H3,(H,24,28)(H,25,29). The summed E-state index contributed by atoms with van der Waals surface area (Å²) in [6, 6.07) is 13.0. The molecule has 0 unspecified atom stereocenters. The molecular formula is C22H21FN4O2. The number of carbonyl (C=O) groups excluding carboxylic acids is 2. The normalized spacial score (nSPS) is 12.9. The van der Waals surface area contributed by atoms with Gasteiger partial charge in [0.2, 0.25) is 0 Å². The number of hydrogen-bond acceptors (Lipinski definition) is 3. The lowest BCUT2D eigenvalue weighted by atomic mass is 10.1. The van der Waals surface area contributed by atoms with Gasteiger partial charge in [0.1, 0.15) is 5.82 Å². The van der Waals surface area contributed by atoms with E-state index in [1.54, 1.807) is 0 Å². The van der Waals surface area contributed by atoms with Crippen molar-refractivity contribution in [3.8, 4) is 0 Å². The molecule has 1 aliphatic rings. The molecule has 0 radical (unpaired) electrons. The van der Waals surface area contributed by atoms with Crippen LogP contribution in [0.15, 0.2) is 48.5 Å². The predicted molar refractivity (Wildman–Crippen MR) is 109 cm³/mol. The Labute approximate surface area is 167 Å². The lowest BCUT2D eigenvalue weighted by molar-refractivity contribution is 0.101. The fourth-order valence-corrected chi connectivity index (χ4v) is 3.45. The summed E-state index contributed by atoms with van der Waals surface area (Å²) in [5, 5.41) is 5.58. The number of anilines is 2. The molecule has 0 atom stereocenters. The van der Waals surface area contributed by atoms with Crippen LogP contribution in [0.2, 0.25) is 0 Å². The van der Waals surface area contributed by atoms with Gasteiger partial charge in [0, 0.05) is 17.9 Å².